The third-order valence-corrected chi connectivity index (χ3v) is 25.6. The molecule has 0 spiro atoms. The summed E-state index contributed by atoms with van der Waals surface area (Å²) in [6.07, 6.45) is -103. The standard InChI is InChI=1S/C68H114N4O50.C11H19NO9/c1-15-33(84)43(94)48(99)63(106-15)104-14-28-55(39(90)29(59(103)107-28)69-16(2)80)116-60-30(70-17(3)81)40(91)54(26(12-79)112-60)119-66-51(102)56(120-68-58(47(98)37(88)23(9-76)111-68)122-62-32(72-19(5)83)42(93)53(25(11-78)114-62)118-65-50(101)45(96)35(86)21(7-74)109-65)38(89)27(115-66)13-105-67-57(46(97)36(87)22(8-75)110-67)121-61-31(71-18(4)82)41(92)52(24(10-77)113-61)117-64-49(100)44(95)34(85)20(6-73)108-64;1-4(14)12-7-5(15)2-11(20,10(18)19)21-9(7)8(17)6(16)3-13/h15,20-68,73-79,84-103H,6-14H2,1-5H3,(H,69,80)(H,70,81)(H,71,82)(H,72,83);5-9,13,15-17,20H,2-3H2,1H3,(H,12,14)(H,18,19)/t15-,20+,21+,22+,23+,24+,25+,26+,27+,28+,29+,30+,31+,32+,33+,34-,35-,36+,37+,38+,39+,40+,41+,42+,43+,44-,45-,46-,47-,48-,49+,50+,51-,52+,53+,54+,55+,56-,57-,58-,59+,60?,61-,62-,63+,64-,65-,66-,67-,68+;5-,6+,7+,8+,9+,11+/m00/s1. The van der Waals surface area contributed by atoms with Gasteiger partial charge in [0, 0.05) is 41.0 Å². The molecule has 11 heterocycles. The fourth-order valence-electron chi connectivity index (χ4n) is 17.9. The zero-order valence-corrected chi connectivity index (χ0v) is 76.9. The number of carbonyl (C=O) groups is 6. The monoisotopic (exact) mass is 2100 g/mol. The molecule has 0 radical (unpaired) electrons. The highest BCUT2D eigenvalue weighted by Crippen LogP contribution is 2.42. The van der Waals surface area contributed by atoms with Crippen LogP contribution in [0.1, 0.15) is 48.0 Å². The summed E-state index contributed by atoms with van der Waals surface area (Å²) in [5, 5.41) is 369. The minimum absolute atomic E-state index is 0.598. The average Bonchev–Trinajstić information content (AvgIpc) is 0.763. The molecule has 64 heteroatoms. The van der Waals surface area contributed by atoms with Crippen molar-refractivity contribution in [3.05, 3.63) is 0 Å². The number of nitrogens with one attached hydrogen (secondary N) is 5. The maximum Gasteiger partial charge on any atom is 0.364 e. The average molecular weight is 2100 g/mol. The Hall–Kier alpha value is -5.26. The van der Waals surface area contributed by atoms with Crippen LogP contribution in [0.15, 0.2) is 0 Å². The summed E-state index contributed by atoms with van der Waals surface area (Å²) in [6.45, 7) is -4.58. The van der Waals surface area contributed by atoms with Crippen molar-refractivity contribution in [3.8, 4) is 0 Å². The number of aliphatic carboxylic acids is 1. The van der Waals surface area contributed by atoms with E-state index in [0.29, 0.717) is 0 Å². The first-order valence-electron chi connectivity index (χ1n) is 45.2. The van der Waals surface area contributed by atoms with Gasteiger partial charge in [0.2, 0.25) is 29.5 Å². The van der Waals surface area contributed by atoms with Crippen molar-refractivity contribution < 1.29 is 292 Å². The molecular formula is C79H133N5O59. The van der Waals surface area contributed by atoms with Gasteiger partial charge in [-0.3, -0.25) is 24.0 Å². The zero-order chi connectivity index (χ0) is 106. The lowest BCUT2D eigenvalue weighted by Crippen LogP contribution is -2.71. The third kappa shape index (κ3) is 27.4. The third-order valence-electron chi connectivity index (χ3n) is 25.6. The second-order valence-electron chi connectivity index (χ2n) is 35.9. The highest BCUT2D eigenvalue weighted by molar-refractivity contribution is 5.77. The second kappa shape index (κ2) is 52.2. The molecule has 38 N–H and O–H groups in total. The van der Waals surface area contributed by atoms with E-state index in [-0.39, 0.29) is 0 Å². The number of ether oxygens (including phenoxy) is 20. The number of amides is 5. The van der Waals surface area contributed by atoms with Crippen molar-refractivity contribution in [2.45, 2.75) is 391 Å². The first kappa shape index (κ1) is 120. The molecule has 64 nitrogen and oxygen atoms in total. The Labute approximate surface area is 808 Å². The predicted octanol–water partition coefficient (Wildman–Crippen LogP) is -25.1. The summed E-state index contributed by atoms with van der Waals surface area (Å²) in [4.78, 5) is 73.8. The van der Waals surface area contributed by atoms with E-state index >= 15 is 0 Å². The first-order valence-corrected chi connectivity index (χ1v) is 45.2. The largest absolute Gasteiger partial charge is 0.477 e. The Kier molecular flexibility index (Phi) is 43.6. The van der Waals surface area contributed by atoms with Crippen molar-refractivity contribution in [1.29, 1.82) is 0 Å². The summed E-state index contributed by atoms with van der Waals surface area (Å²) >= 11 is 0. The van der Waals surface area contributed by atoms with E-state index in [1.165, 1.54) is 6.92 Å². The Bertz CT molecular complexity index is 3990. The molecule has 11 rings (SSSR count). The highest BCUT2D eigenvalue weighted by atomic mass is 16.8. The Balaban J connectivity index is 0.000000886. The lowest BCUT2D eigenvalue weighted by molar-refractivity contribution is -0.399. The normalized spacial score (nSPS) is 47.7. The van der Waals surface area contributed by atoms with Gasteiger partial charge in [-0.1, -0.05) is 0 Å². The molecule has 828 valence electrons. The van der Waals surface area contributed by atoms with E-state index in [0.717, 1.165) is 34.6 Å². The van der Waals surface area contributed by atoms with Crippen molar-refractivity contribution in [2.75, 3.05) is 66.1 Å². The smallest absolute Gasteiger partial charge is 0.364 e. The van der Waals surface area contributed by atoms with Crippen LogP contribution in [0.5, 0.6) is 0 Å². The maximum atomic E-state index is 13.3. The van der Waals surface area contributed by atoms with Crippen LogP contribution in [0.3, 0.4) is 0 Å². The van der Waals surface area contributed by atoms with Crippen molar-refractivity contribution in [2.24, 2.45) is 0 Å². The van der Waals surface area contributed by atoms with Crippen LogP contribution in [-0.4, -0.2) is 613 Å². The van der Waals surface area contributed by atoms with Gasteiger partial charge >= 0.3 is 5.97 Å². The van der Waals surface area contributed by atoms with Gasteiger partial charge in [-0.15, -0.1) is 0 Å². The van der Waals surface area contributed by atoms with Crippen LogP contribution in [-0.2, 0) is 124 Å². The van der Waals surface area contributed by atoms with Crippen LogP contribution in [0.2, 0.25) is 0 Å². The molecule has 0 aromatic carbocycles. The SMILES string of the molecule is CC(=O)N[C@@H]1[C@@H](O)[C@H](OC2O[C@H](CO)[C@@H](O[C@@H]3O[C@H](CO[C@H]4O[C@H](CO)[C@@H](O)[C@H](O)[C@@H]4O[C@@H]4O[C@H](CO)[C@@H](O[C@@H]5O[C@H](CO)[C@H](O)[C@H](O)[C@H]5O)[C@H](O)[C@H]4NC(C)=O)[C@@H](O)[C@H](O[C@H]4O[C@H](CO)[C@@H](O)[C@H](O)[C@@H]4O[C@@H]4O[C@H](CO)[C@@H](O[C@@H]5O[C@H](CO)[C@H](O)[C@H](O)[C@H]5O)[C@H](O)[C@H]4NC(C)=O)[C@@H]3O)[C@H](O)[C@H]2NC(C)=O)[C@@H](CO[C@@H]2O[C@@H](C)[C@@H](O)[C@@H](O)[C@@H]2O)O[C@H]1O.CC(=O)N[C@H]1[C@H]([C@H](O)[C@H](O)CO)O[C@@](O)(C(=O)O)C[C@@H]1O. The van der Waals surface area contributed by atoms with Gasteiger partial charge in [-0.2, -0.15) is 0 Å². The molecule has 0 saturated carbocycles. The molecular weight excluding hydrogens is 1960 g/mol. The first-order chi connectivity index (χ1) is 67.3. The van der Waals surface area contributed by atoms with E-state index in [1.54, 1.807) is 0 Å². The van der Waals surface area contributed by atoms with Crippen LogP contribution >= 0.6 is 0 Å². The lowest BCUT2D eigenvalue weighted by Gasteiger charge is -2.51. The van der Waals surface area contributed by atoms with Crippen LogP contribution < -0.4 is 26.6 Å². The van der Waals surface area contributed by atoms with Gasteiger partial charge in [-0.25, -0.2) is 4.79 Å². The zero-order valence-electron chi connectivity index (χ0n) is 76.9. The second-order valence-corrected chi connectivity index (χ2v) is 35.9. The number of carbonyl (C=O) groups excluding carboxylic acids is 5. The molecule has 0 aromatic heterocycles. The Morgan fingerprint density at radius 1 is 0.301 bits per heavy atom. The number of carboxylic acids is 1. The number of hydrogen-bond donors (Lipinski definition) is 38. The Morgan fingerprint density at radius 2 is 0.601 bits per heavy atom. The summed E-state index contributed by atoms with van der Waals surface area (Å²) in [7, 11) is 0. The molecule has 143 heavy (non-hydrogen) atoms. The fraction of sp³-hybridized carbons (Fsp3) is 0.924. The molecule has 1 unspecified atom stereocenters. The number of aliphatic hydroxyl groups excluding tert-OH is 31. The number of aliphatic hydroxyl groups is 32. The summed E-state index contributed by atoms with van der Waals surface area (Å²) in [5.74, 6) is -8.93. The number of hydrogen-bond acceptors (Lipinski definition) is 58. The Morgan fingerprint density at radius 3 is 1.00 bits per heavy atom. The summed E-state index contributed by atoms with van der Waals surface area (Å²) < 4.78 is 118. The van der Waals surface area contributed by atoms with Crippen molar-refractivity contribution >= 4 is 35.5 Å². The molecule has 0 aromatic rings. The van der Waals surface area contributed by atoms with E-state index in [9.17, 15) is 187 Å². The minimum atomic E-state index is -2.78. The molecule has 0 aliphatic carbocycles. The van der Waals surface area contributed by atoms with Gasteiger partial charge in [0.25, 0.3) is 5.79 Å². The van der Waals surface area contributed by atoms with E-state index < -0.39 is 451 Å². The molecule has 11 saturated heterocycles. The molecule has 56 atom stereocenters. The van der Waals surface area contributed by atoms with Gasteiger partial charge in [0.1, 0.15) is 256 Å². The maximum absolute atomic E-state index is 13.3. The van der Waals surface area contributed by atoms with Crippen LogP contribution in [0, 0.1) is 0 Å². The number of rotatable bonds is 36. The molecule has 0 bridgehead atoms. The fourth-order valence-corrected chi connectivity index (χ4v) is 17.9. The van der Waals surface area contributed by atoms with E-state index in [2.05, 4.69) is 26.6 Å². The van der Waals surface area contributed by atoms with Gasteiger partial charge < -0.3 is 290 Å². The molecule has 11 aliphatic heterocycles. The van der Waals surface area contributed by atoms with Crippen molar-refractivity contribution in [1.82, 2.24) is 26.6 Å². The van der Waals surface area contributed by atoms with E-state index in [1.807, 2.05) is 0 Å². The number of carboxylic acid groups (broad SMARTS) is 1. The van der Waals surface area contributed by atoms with Gasteiger partial charge in [0.05, 0.1) is 84.3 Å². The molecule has 11 aliphatic rings. The molecule has 5 amide bonds. The van der Waals surface area contributed by atoms with Crippen LogP contribution in [0.4, 0.5) is 0 Å². The molecule has 11 fully saturated rings. The summed E-state index contributed by atoms with van der Waals surface area (Å²) in [5.41, 5.74) is 0. The van der Waals surface area contributed by atoms with E-state index in [4.69, 9.17) is 105 Å². The quantitative estimate of drug-likeness (QED) is 0.0277. The topological polar surface area (TPSA) is 1010 Å². The minimum Gasteiger partial charge on any atom is -0.477 e. The van der Waals surface area contributed by atoms with Gasteiger partial charge in [-0.05, 0) is 6.92 Å². The highest BCUT2D eigenvalue weighted by Gasteiger charge is 2.63. The van der Waals surface area contributed by atoms with Gasteiger partial charge in [0.15, 0.2) is 62.9 Å². The predicted molar refractivity (Wildman–Crippen MR) is 439 cm³/mol. The summed E-state index contributed by atoms with van der Waals surface area (Å²) in [6, 6.07) is -8.95. The van der Waals surface area contributed by atoms with Crippen LogP contribution in [0.25, 0.3) is 0 Å². The van der Waals surface area contributed by atoms with Crippen molar-refractivity contribution in [3.63, 3.8) is 0 Å². The lowest BCUT2D eigenvalue weighted by atomic mass is 9.88.